The van der Waals surface area contributed by atoms with Crippen LogP contribution in [-0.4, -0.2) is 61.3 Å². The number of hydrogen-bond acceptors (Lipinski definition) is 6. The van der Waals surface area contributed by atoms with Crippen molar-refractivity contribution in [3.63, 3.8) is 0 Å². The van der Waals surface area contributed by atoms with Crippen molar-refractivity contribution in [1.29, 1.82) is 0 Å². The summed E-state index contributed by atoms with van der Waals surface area (Å²) >= 11 is 0. The summed E-state index contributed by atoms with van der Waals surface area (Å²) in [6.45, 7) is 5.11. The van der Waals surface area contributed by atoms with E-state index in [0.717, 1.165) is 44.0 Å². The molecule has 5 rings (SSSR count). The SMILES string of the molecule is COCCN1CCN(c2ccc(Nc3ncc4ccc(F)c(-c5ccccc5)c4n3)c(F)c2)CC1. The second kappa shape index (κ2) is 10.3. The first-order valence-electron chi connectivity index (χ1n) is 11.7. The maximum absolute atomic E-state index is 15.0. The highest BCUT2D eigenvalue weighted by Crippen LogP contribution is 2.31. The standard InChI is InChI=1S/C27H27F2N5O/c1-35-16-15-33-11-13-34(14-12-33)21-8-10-24(23(29)17-21)31-27-30-18-20-7-9-22(28)25(26(20)32-27)19-5-3-2-4-6-19/h2-10,17-18H,11-16H2,1H3,(H,30,31,32). The van der Waals surface area contributed by atoms with Crippen molar-refractivity contribution in [2.45, 2.75) is 0 Å². The Morgan fingerprint density at radius 3 is 2.49 bits per heavy atom. The van der Waals surface area contributed by atoms with Crippen LogP contribution < -0.4 is 10.2 Å². The Morgan fingerprint density at radius 1 is 0.943 bits per heavy atom. The van der Waals surface area contributed by atoms with Crippen LogP contribution in [0.2, 0.25) is 0 Å². The van der Waals surface area contributed by atoms with Crippen molar-refractivity contribution in [3.05, 3.63) is 78.5 Å². The van der Waals surface area contributed by atoms with Gasteiger partial charge < -0.3 is 15.0 Å². The molecule has 6 nitrogen and oxygen atoms in total. The molecule has 0 spiro atoms. The van der Waals surface area contributed by atoms with E-state index in [1.54, 1.807) is 25.4 Å². The van der Waals surface area contributed by atoms with Gasteiger partial charge in [0.1, 0.15) is 11.6 Å². The van der Waals surface area contributed by atoms with E-state index in [9.17, 15) is 4.39 Å². The molecule has 1 aliphatic heterocycles. The van der Waals surface area contributed by atoms with Gasteiger partial charge in [-0.2, -0.15) is 0 Å². The van der Waals surface area contributed by atoms with Gasteiger partial charge in [0.15, 0.2) is 0 Å². The highest BCUT2D eigenvalue weighted by molar-refractivity contribution is 5.94. The molecule has 1 aromatic heterocycles. The molecule has 0 amide bonds. The molecule has 8 heteroatoms. The summed E-state index contributed by atoms with van der Waals surface area (Å²) in [4.78, 5) is 13.4. The van der Waals surface area contributed by atoms with Crippen LogP contribution in [0.4, 0.5) is 26.1 Å². The van der Waals surface area contributed by atoms with Crippen LogP contribution in [-0.2, 0) is 4.74 Å². The predicted molar refractivity (Wildman–Crippen MR) is 135 cm³/mol. The molecule has 35 heavy (non-hydrogen) atoms. The van der Waals surface area contributed by atoms with Crippen LogP contribution in [0.1, 0.15) is 0 Å². The number of piperazine rings is 1. The van der Waals surface area contributed by atoms with Crippen LogP contribution in [0.3, 0.4) is 0 Å². The first kappa shape index (κ1) is 23.1. The highest BCUT2D eigenvalue weighted by Gasteiger charge is 2.18. The van der Waals surface area contributed by atoms with Gasteiger partial charge >= 0.3 is 0 Å². The Bertz CT molecular complexity index is 1310. The van der Waals surface area contributed by atoms with E-state index in [1.807, 2.05) is 36.4 Å². The molecule has 4 aromatic rings. The highest BCUT2D eigenvalue weighted by atomic mass is 19.1. The van der Waals surface area contributed by atoms with Crippen LogP contribution >= 0.6 is 0 Å². The second-order valence-electron chi connectivity index (χ2n) is 8.53. The third-order valence-electron chi connectivity index (χ3n) is 6.31. The number of hydrogen-bond donors (Lipinski definition) is 1. The Labute approximate surface area is 203 Å². The van der Waals surface area contributed by atoms with Gasteiger partial charge in [-0.3, -0.25) is 4.90 Å². The van der Waals surface area contributed by atoms with Gasteiger partial charge in [-0.1, -0.05) is 30.3 Å². The molecule has 0 saturated carbocycles. The van der Waals surface area contributed by atoms with Crippen molar-refractivity contribution in [2.75, 3.05) is 56.7 Å². The number of nitrogens with one attached hydrogen (secondary N) is 1. The minimum Gasteiger partial charge on any atom is -0.383 e. The fraction of sp³-hybridized carbons (Fsp3) is 0.259. The number of anilines is 3. The molecule has 1 aliphatic rings. The molecular weight excluding hydrogens is 448 g/mol. The number of rotatable bonds is 7. The van der Waals surface area contributed by atoms with E-state index in [1.165, 1.54) is 12.1 Å². The number of nitrogens with zero attached hydrogens (tertiary/aromatic N) is 4. The minimum atomic E-state index is -0.393. The van der Waals surface area contributed by atoms with E-state index in [4.69, 9.17) is 4.74 Å². The average molecular weight is 476 g/mol. The van der Waals surface area contributed by atoms with Crippen LogP contribution in [0, 0.1) is 11.6 Å². The topological polar surface area (TPSA) is 53.5 Å². The number of benzene rings is 3. The molecular formula is C27H27F2N5O. The van der Waals surface area contributed by atoms with Crippen molar-refractivity contribution in [2.24, 2.45) is 0 Å². The molecule has 2 heterocycles. The fourth-order valence-corrected chi connectivity index (χ4v) is 4.38. The lowest BCUT2D eigenvalue weighted by atomic mass is 10.0. The fourth-order valence-electron chi connectivity index (χ4n) is 4.38. The summed E-state index contributed by atoms with van der Waals surface area (Å²) in [5.41, 5.74) is 2.70. The third-order valence-corrected chi connectivity index (χ3v) is 6.31. The van der Waals surface area contributed by atoms with E-state index in [-0.39, 0.29) is 17.5 Å². The molecule has 0 bridgehead atoms. The molecule has 180 valence electrons. The van der Waals surface area contributed by atoms with E-state index < -0.39 is 5.82 Å². The summed E-state index contributed by atoms with van der Waals surface area (Å²) in [6, 6.07) is 17.4. The maximum atomic E-state index is 15.0. The lowest BCUT2D eigenvalue weighted by Crippen LogP contribution is -2.47. The largest absolute Gasteiger partial charge is 0.383 e. The molecule has 0 radical (unpaired) electrons. The van der Waals surface area contributed by atoms with E-state index in [0.29, 0.717) is 23.1 Å². The quantitative estimate of drug-likeness (QED) is 0.402. The molecule has 0 unspecified atom stereocenters. The Kier molecular flexibility index (Phi) is 6.83. The van der Waals surface area contributed by atoms with Gasteiger partial charge in [-0.15, -0.1) is 0 Å². The smallest absolute Gasteiger partial charge is 0.227 e. The number of methoxy groups -OCH3 is 1. The third kappa shape index (κ3) is 5.08. The van der Waals surface area contributed by atoms with Crippen LogP contribution in [0.5, 0.6) is 0 Å². The molecule has 0 atom stereocenters. The summed E-state index contributed by atoms with van der Waals surface area (Å²) in [5.74, 6) is -0.555. The zero-order valence-electron chi connectivity index (χ0n) is 19.5. The monoisotopic (exact) mass is 475 g/mol. The number of fused-ring (bicyclic) bond motifs is 1. The minimum absolute atomic E-state index is 0.207. The van der Waals surface area contributed by atoms with Gasteiger partial charge in [0.05, 0.1) is 17.8 Å². The number of aromatic nitrogens is 2. The summed E-state index contributed by atoms with van der Waals surface area (Å²) in [7, 11) is 1.71. The first-order valence-corrected chi connectivity index (χ1v) is 11.7. The van der Waals surface area contributed by atoms with Gasteiger partial charge in [0, 0.05) is 62.7 Å². The maximum Gasteiger partial charge on any atom is 0.227 e. The molecule has 1 saturated heterocycles. The Morgan fingerprint density at radius 2 is 1.74 bits per heavy atom. The number of ether oxygens (including phenoxy) is 1. The summed E-state index contributed by atoms with van der Waals surface area (Å²) in [6.07, 6.45) is 1.62. The zero-order chi connectivity index (χ0) is 24.2. The molecule has 0 aliphatic carbocycles. The van der Waals surface area contributed by atoms with Crippen molar-refractivity contribution >= 4 is 28.2 Å². The van der Waals surface area contributed by atoms with Crippen molar-refractivity contribution in [1.82, 2.24) is 14.9 Å². The average Bonchev–Trinajstić information content (AvgIpc) is 2.89. The number of halogens is 2. The predicted octanol–water partition coefficient (Wildman–Crippen LogP) is 5.09. The van der Waals surface area contributed by atoms with E-state index >= 15 is 4.39 Å². The summed E-state index contributed by atoms with van der Waals surface area (Å²) in [5, 5.41) is 3.67. The van der Waals surface area contributed by atoms with Gasteiger partial charge in [0.2, 0.25) is 5.95 Å². The van der Waals surface area contributed by atoms with Gasteiger partial charge in [-0.25, -0.2) is 18.7 Å². The lowest BCUT2D eigenvalue weighted by Gasteiger charge is -2.36. The lowest BCUT2D eigenvalue weighted by molar-refractivity contribution is 0.144. The molecule has 3 aromatic carbocycles. The van der Waals surface area contributed by atoms with Gasteiger partial charge in [0.25, 0.3) is 0 Å². The first-order chi connectivity index (χ1) is 17.1. The molecule has 1 N–H and O–H groups in total. The summed E-state index contributed by atoms with van der Waals surface area (Å²) < 4.78 is 35.0. The normalized spacial score (nSPS) is 14.4. The van der Waals surface area contributed by atoms with Crippen molar-refractivity contribution < 1.29 is 13.5 Å². The molecule has 1 fully saturated rings. The van der Waals surface area contributed by atoms with Crippen molar-refractivity contribution in [3.8, 4) is 11.1 Å². The second-order valence-corrected chi connectivity index (χ2v) is 8.53. The van der Waals surface area contributed by atoms with Crippen LogP contribution in [0.15, 0.2) is 66.9 Å². The zero-order valence-corrected chi connectivity index (χ0v) is 19.5. The van der Waals surface area contributed by atoms with Gasteiger partial charge in [-0.05, 0) is 35.9 Å². The van der Waals surface area contributed by atoms with E-state index in [2.05, 4.69) is 25.1 Å². The Balaban J connectivity index is 1.36. The van der Waals surface area contributed by atoms with Crippen LogP contribution in [0.25, 0.3) is 22.0 Å². The Hall–Kier alpha value is -3.62.